The smallest absolute Gasteiger partial charge is 0.0694 e. The van der Waals surface area contributed by atoms with Crippen LogP contribution in [0, 0.1) is 5.92 Å². The van der Waals surface area contributed by atoms with Crippen LogP contribution in [-0.4, -0.2) is 23.9 Å². The molecule has 1 aliphatic heterocycles. The first-order chi connectivity index (χ1) is 6.70. The summed E-state index contributed by atoms with van der Waals surface area (Å²) in [6.45, 7) is 5.91. The van der Waals surface area contributed by atoms with E-state index in [0.717, 1.165) is 32.5 Å². The summed E-state index contributed by atoms with van der Waals surface area (Å²) >= 11 is 0. The van der Waals surface area contributed by atoms with Crippen molar-refractivity contribution >= 4 is 0 Å². The number of ether oxygens (including phenoxy) is 1. The van der Waals surface area contributed by atoms with Gasteiger partial charge in [-0.05, 0) is 25.2 Å². The Morgan fingerprint density at radius 1 is 1.29 bits per heavy atom. The van der Waals surface area contributed by atoms with Gasteiger partial charge in [0.2, 0.25) is 0 Å². The molecule has 0 radical (unpaired) electrons. The van der Waals surface area contributed by atoms with Gasteiger partial charge >= 0.3 is 0 Å². The van der Waals surface area contributed by atoms with Gasteiger partial charge in [0.05, 0.1) is 5.60 Å². The van der Waals surface area contributed by atoms with E-state index in [4.69, 9.17) is 4.74 Å². The number of rotatable bonds is 5. The average molecular weight is 200 g/mol. The zero-order valence-electron chi connectivity index (χ0n) is 9.59. The summed E-state index contributed by atoms with van der Waals surface area (Å²) in [4.78, 5) is 0. The summed E-state index contributed by atoms with van der Waals surface area (Å²) in [7, 11) is 0. The molecule has 0 aliphatic carbocycles. The molecular weight excluding hydrogens is 176 g/mol. The summed E-state index contributed by atoms with van der Waals surface area (Å²) < 4.78 is 5.28. The predicted octanol–water partition coefficient (Wildman–Crippen LogP) is 2.74. The minimum absolute atomic E-state index is 0.423. The van der Waals surface area contributed by atoms with Gasteiger partial charge in [-0.2, -0.15) is 0 Å². The maximum absolute atomic E-state index is 10.3. The van der Waals surface area contributed by atoms with Crippen molar-refractivity contribution in [3.05, 3.63) is 0 Å². The fraction of sp³-hybridized carbons (Fsp3) is 1.00. The maximum Gasteiger partial charge on any atom is 0.0694 e. The molecule has 0 aromatic rings. The first-order valence-corrected chi connectivity index (χ1v) is 6.00. The largest absolute Gasteiger partial charge is 0.390 e. The van der Waals surface area contributed by atoms with Gasteiger partial charge < -0.3 is 9.84 Å². The summed E-state index contributed by atoms with van der Waals surface area (Å²) in [6, 6.07) is 0. The highest BCUT2D eigenvalue weighted by Crippen LogP contribution is 2.31. The number of aliphatic hydroxyl groups is 1. The monoisotopic (exact) mass is 200 g/mol. The van der Waals surface area contributed by atoms with E-state index < -0.39 is 5.60 Å². The number of hydrogen-bond acceptors (Lipinski definition) is 2. The Labute approximate surface area is 87.7 Å². The van der Waals surface area contributed by atoms with Gasteiger partial charge in [0, 0.05) is 13.2 Å². The lowest BCUT2D eigenvalue weighted by Gasteiger charge is -2.34. The van der Waals surface area contributed by atoms with Gasteiger partial charge in [-0.15, -0.1) is 0 Å². The second-order valence-electron chi connectivity index (χ2n) is 4.60. The van der Waals surface area contributed by atoms with Gasteiger partial charge in [-0.25, -0.2) is 0 Å². The van der Waals surface area contributed by atoms with Crippen molar-refractivity contribution in [3.8, 4) is 0 Å². The molecule has 2 nitrogen and oxygen atoms in total. The van der Waals surface area contributed by atoms with E-state index in [1.165, 1.54) is 19.3 Å². The molecule has 1 fully saturated rings. The van der Waals surface area contributed by atoms with Crippen LogP contribution in [0.15, 0.2) is 0 Å². The molecule has 1 saturated heterocycles. The predicted molar refractivity (Wildman–Crippen MR) is 58.3 cm³/mol. The van der Waals surface area contributed by atoms with Crippen LogP contribution >= 0.6 is 0 Å². The molecule has 0 aromatic heterocycles. The molecule has 84 valence electrons. The first kappa shape index (κ1) is 12.0. The Balaban J connectivity index is 2.38. The fourth-order valence-electron chi connectivity index (χ4n) is 2.35. The molecule has 1 rings (SSSR count). The lowest BCUT2D eigenvalue weighted by Crippen LogP contribution is -2.37. The Kier molecular flexibility index (Phi) is 4.90. The third-order valence-corrected chi connectivity index (χ3v) is 3.37. The molecule has 0 bridgehead atoms. The van der Waals surface area contributed by atoms with E-state index in [0.29, 0.717) is 5.92 Å². The van der Waals surface area contributed by atoms with Crippen molar-refractivity contribution in [2.24, 2.45) is 5.92 Å². The standard InChI is InChI=1S/C12H24O2/c1-3-5-11(4-2)10-12(13)6-8-14-9-7-12/h11,13H,3-10H2,1-2H3. The summed E-state index contributed by atoms with van der Waals surface area (Å²) in [6.07, 6.45) is 6.29. The van der Waals surface area contributed by atoms with E-state index in [2.05, 4.69) is 13.8 Å². The van der Waals surface area contributed by atoms with Gasteiger partial charge in [0.25, 0.3) is 0 Å². The Bertz CT molecular complexity index is 150. The zero-order valence-corrected chi connectivity index (χ0v) is 9.59. The van der Waals surface area contributed by atoms with Gasteiger partial charge in [0.15, 0.2) is 0 Å². The van der Waals surface area contributed by atoms with Gasteiger partial charge in [-0.1, -0.05) is 33.1 Å². The molecule has 0 amide bonds. The Morgan fingerprint density at radius 3 is 2.43 bits per heavy atom. The van der Waals surface area contributed by atoms with E-state index in [-0.39, 0.29) is 0 Å². The maximum atomic E-state index is 10.3. The second kappa shape index (κ2) is 5.72. The van der Waals surface area contributed by atoms with Crippen molar-refractivity contribution in [2.45, 2.75) is 58.0 Å². The molecule has 1 N–H and O–H groups in total. The SMILES string of the molecule is CCCC(CC)CC1(O)CCOCC1. The van der Waals surface area contributed by atoms with E-state index in [1.807, 2.05) is 0 Å². The lowest BCUT2D eigenvalue weighted by molar-refractivity contribution is -0.0770. The zero-order chi connectivity index (χ0) is 10.4. The highest BCUT2D eigenvalue weighted by Gasteiger charge is 2.31. The van der Waals surface area contributed by atoms with Crippen LogP contribution in [0.3, 0.4) is 0 Å². The van der Waals surface area contributed by atoms with Crippen LogP contribution in [0.1, 0.15) is 52.4 Å². The Hall–Kier alpha value is -0.0800. The first-order valence-electron chi connectivity index (χ1n) is 6.00. The van der Waals surface area contributed by atoms with E-state index in [9.17, 15) is 5.11 Å². The second-order valence-corrected chi connectivity index (χ2v) is 4.60. The molecular formula is C12H24O2. The normalized spacial score (nSPS) is 23.4. The van der Waals surface area contributed by atoms with Gasteiger partial charge in [-0.3, -0.25) is 0 Å². The fourth-order valence-corrected chi connectivity index (χ4v) is 2.35. The van der Waals surface area contributed by atoms with Crippen molar-refractivity contribution < 1.29 is 9.84 Å². The molecule has 1 aliphatic rings. The van der Waals surface area contributed by atoms with Crippen LogP contribution in [-0.2, 0) is 4.74 Å². The van der Waals surface area contributed by atoms with Crippen molar-refractivity contribution in [1.29, 1.82) is 0 Å². The van der Waals surface area contributed by atoms with Crippen LogP contribution in [0.4, 0.5) is 0 Å². The molecule has 1 heterocycles. The summed E-state index contributed by atoms with van der Waals surface area (Å²) in [5.74, 6) is 0.697. The van der Waals surface area contributed by atoms with E-state index in [1.54, 1.807) is 0 Å². The van der Waals surface area contributed by atoms with Crippen molar-refractivity contribution in [3.63, 3.8) is 0 Å². The highest BCUT2D eigenvalue weighted by molar-refractivity contribution is 4.83. The van der Waals surface area contributed by atoms with Crippen LogP contribution in [0.5, 0.6) is 0 Å². The van der Waals surface area contributed by atoms with Crippen molar-refractivity contribution in [1.82, 2.24) is 0 Å². The van der Waals surface area contributed by atoms with Crippen molar-refractivity contribution in [2.75, 3.05) is 13.2 Å². The molecule has 0 aromatic carbocycles. The molecule has 14 heavy (non-hydrogen) atoms. The minimum atomic E-state index is -0.423. The highest BCUT2D eigenvalue weighted by atomic mass is 16.5. The van der Waals surface area contributed by atoms with E-state index >= 15 is 0 Å². The summed E-state index contributed by atoms with van der Waals surface area (Å²) in [5.41, 5.74) is -0.423. The van der Waals surface area contributed by atoms with Crippen LogP contribution in [0.2, 0.25) is 0 Å². The summed E-state index contributed by atoms with van der Waals surface area (Å²) in [5, 5.41) is 10.3. The minimum Gasteiger partial charge on any atom is -0.390 e. The Morgan fingerprint density at radius 2 is 1.93 bits per heavy atom. The molecule has 1 unspecified atom stereocenters. The molecule has 0 saturated carbocycles. The molecule has 2 heteroatoms. The quantitative estimate of drug-likeness (QED) is 0.739. The topological polar surface area (TPSA) is 29.5 Å². The third-order valence-electron chi connectivity index (χ3n) is 3.37. The molecule has 1 atom stereocenters. The lowest BCUT2D eigenvalue weighted by atomic mass is 9.82. The average Bonchev–Trinajstić information content (AvgIpc) is 2.18. The third kappa shape index (κ3) is 3.58. The molecule has 0 spiro atoms. The number of hydrogen-bond donors (Lipinski definition) is 1. The van der Waals surface area contributed by atoms with Gasteiger partial charge in [0.1, 0.15) is 0 Å². The van der Waals surface area contributed by atoms with Crippen LogP contribution in [0.25, 0.3) is 0 Å². The van der Waals surface area contributed by atoms with Crippen LogP contribution < -0.4 is 0 Å².